The van der Waals surface area contributed by atoms with E-state index in [-0.39, 0.29) is 17.4 Å². The number of carbonyl (C=O) groups is 1. The van der Waals surface area contributed by atoms with E-state index in [9.17, 15) is 13.2 Å². The molecule has 0 aromatic carbocycles. The maximum Gasteiger partial charge on any atom is 0.230 e. The zero-order valence-electron chi connectivity index (χ0n) is 8.76. The fourth-order valence-corrected chi connectivity index (χ4v) is 4.03. The van der Waals surface area contributed by atoms with Crippen molar-refractivity contribution in [3.63, 3.8) is 0 Å². The van der Waals surface area contributed by atoms with Gasteiger partial charge in [-0.25, -0.2) is 13.4 Å². The molecule has 0 unspecified atom stereocenters. The first-order valence-electron chi connectivity index (χ1n) is 4.90. The van der Waals surface area contributed by atoms with Crippen molar-refractivity contribution < 1.29 is 13.2 Å². The number of carbonyl (C=O) groups excluding carboxylic acids is 1. The quantitative estimate of drug-likeness (QED) is 0.854. The Hall–Kier alpha value is -0.950. The molecule has 88 valence electrons. The van der Waals surface area contributed by atoms with Crippen molar-refractivity contribution >= 4 is 32.2 Å². The second-order valence-electron chi connectivity index (χ2n) is 3.87. The summed E-state index contributed by atoms with van der Waals surface area (Å²) in [5.74, 6) is -0.588. The lowest BCUT2D eigenvalue weighted by atomic mass is 10.1. The molecule has 0 spiro atoms. The van der Waals surface area contributed by atoms with Crippen molar-refractivity contribution in [2.24, 2.45) is 5.92 Å². The summed E-state index contributed by atoms with van der Waals surface area (Å²) in [5.41, 5.74) is 0. The van der Waals surface area contributed by atoms with E-state index < -0.39 is 15.8 Å². The van der Waals surface area contributed by atoms with Crippen LogP contribution in [-0.4, -0.2) is 30.8 Å². The second kappa shape index (κ2) is 4.14. The number of hydrogen-bond donors (Lipinski definition) is 1. The van der Waals surface area contributed by atoms with Gasteiger partial charge in [-0.15, -0.1) is 11.3 Å². The highest BCUT2D eigenvalue weighted by atomic mass is 32.2. The lowest BCUT2D eigenvalue weighted by Crippen LogP contribution is -2.23. The number of amides is 1. The molecule has 1 amide bonds. The molecule has 0 radical (unpaired) electrons. The second-order valence-corrected chi connectivity index (χ2v) is 7.33. The minimum atomic E-state index is -3.01. The Kier molecular flexibility index (Phi) is 2.98. The predicted molar refractivity (Wildman–Crippen MR) is 62.2 cm³/mol. The summed E-state index contributed by atoms with van der Waals surface area (Å²) in [5, 5.41) is 3.18. The van der Waals surface area contributed by atoms with Crippen LogP contribution >= 0.6 is 11.3 Å². The Morgan fingerprint density at radius 2 is 2.38 bits per heavy atom. The molecule has 5 nitrogen and oxygen atoms in total. The number of thiazole rings is 1. The van der Waals surface area contributed by atoms with Gasteiger partial charge in [0.15, 0.2) is 15.0 Å². The molecule has 1 fully saturated rings. The van der Waals surface area contributed by atoms with Gasteiger partial charge in [-0.2, -0.15) is 0 Å². The fourth-order valence-electron chi connectivity index (χ4n) is 1.62. The summed E-state index contributed by atoms with van der Waals surface area (Å²) in [4.78, 5) is 16.7. The maximum atomic E-state index is 11.7. The van der Waals surface area contributed by atoms with E-state index in [2.05, 4.69) is 10.3 Å². The van der Waals surface area contributed by atoms with Crippen molar-refractivity contribution in [3.8, 4) is 0 Å². The zero-order chi connectivity index (χ0) is 11.8. The van der Waals surface area contributed by atoms with Crippen molar-refractivity contribution in [2.45, 2.75) is 13.3 Å². The van der Waals surface area contributed by atoms with Crippen LogP contribution in [0.4, 0.5) is 5.13 Å². The largest absolute Gasteiger partial charge is 0.302 e. The molecular weight excluding hydrogens is 248 g/mol. The SMILES string of the molecule is Cc1cnc(NC(=O)[C@H]2CCS(=O)(=O)C2)s1. The molecule has 0 saturated carbocycles. The molecule has 16 heavy (non-hydrogen) atoms. The Bertz CT molecular complexity index is 507. The van der Waals surface area contributed by atoms with Crippen LogP contribution in [0.3, 0.4) is 0 Å². The first-order valence-corrected chi connectivity index (χ1v) is 7.54. The molecule has 1 aromatic heterocycles. The predicted octanol–water partition coefficient (Wildman–Crippen LogP) is 0.825. The molecule has 1 aliphatic heterocycles. The van der Waals surface area contributed by atoms with E-state index in [1.807, 2.05) is 6.92 Å². The summed E-state index contributed by atoms with van der Waals surface area (Å²) >= 11 is 1.38. The number of anilines is 1. The third kappa shape index (κ3) is 2.59. The summed E-state index contributed by atoms with van der Waals surface area (Å²) < 4.78 is 22.4. The van der Waals surface area contributed by atoms with Gasteiger partial charge in [-0.1, -0.05) is 0 Å². The average molecular weight is 260 g/mol. The van der Waals surface area contributed by atoms with Crippen LogP contribution in [0, 0.1) is 12.8 Å². The summed E-state index contributed by atoms with van der Waals surface area (Å²) in [6.45, 7) is 1.90. The summed E-state index contributed by atoms with van der Waals surface area (Å²) in [6.07, 6.45) is 2.09. The standard InChI is InChI=1S/C9H12N2O3S2/c1-6-4-10-9(15-6)11-8(12)7-2-3-16(13,14)5-7/h4,7H,2-3,5H2,1H3,(H,10,11,12)/t7-/m0/s1. The van der Waals surface area contributed by atoms with E-state index in [1.54, 1.807) is 6.20 Å². The third-order valence-corrected chi connectivity index (χ3v) is 5.05. The fraction of sp³-hybridized carbons (Fsp3) is 0.556. The van der Waals surface area contributed by atoms with Crippen LogP contribution in [0.25, 0.3) is 0 Å². The number of hydrogen-bond acceptors (Lipinski definition) is 5. The summed E-state index contributed by atoms with van der Waals surface area (Å²) in [7, 11) is -3.01. The average Bonchev–Trinajstić information content (AvgIpc) is 2.72. The van der Waals surface area contributed by atoms with E-state index in [0.29, 0.717) is 11.6 Å². The Labute approximate surface area is 97.8 Å². The Balaban J connectivity index is 1.99. The van der Waals surface area contributed by atoms with Gasteiger partial charge in [0, 0.05) is 11.1 Å². The number of nitrogens with zero attached hydrogens (tertiary/aromatic N) is 1. The highest BCUT2D eigenvalue weighted by Crippen LogP contribution is 2.22. The van der Waals surface area contributed by atoms with Gasteiger partial charge in [0.25, 0.3) is 0 Å². The van der Waals surface area contributed by atoms with E-state index in [0.717, 1.165) is 4.88 Å². The number of rotatable bonds is 2. The topological polar surface area (TPSA) is 76.1 Å². The van der Waals surface area contributed by atoms with Crippen LogP contribution in [0.5, 0.6) is 0 Å². The third-order valence-electron chi connectivity index (χ3n) is 2.45. The molecule has 2 rings (SSSR count). The Morgan fingerprint density at radius 1 is 1.62 bits per heavy atom. The van der Waals surface area contributed by atoms with Gasteiger partial charge in [0.05, 0.1) is 17.4 Å². The number of sulfone groups is 1. The minimum Gasteiger partial charge on any atom is -0.302 e. The van der Waals surface area contributed by atoms with Crippen molar-refractivity contribution in [1.82, 2.24) is 4.98 Å². The Morgan fingerprint density at radius 3 is 2.88 bits per heavy atom. The lowest BCUT2D eigenvalue weighted by Gasteiger charge is -2.06. The van der Waals surface area contributed by atoms with E-state index >= 15 is 0 Å². The van der Waals surface area contributed by atoms with Crippen LogP contribution in [0.1, 0.15) is 11.3 Å². The first-order chi connectivity index (χ1) is 7.46. The molecule has 1 aliphatic rings. The number of nitrogens with one attached hydrogen (secondary N) is 1. The molecule has 2 heterocycles. The summed E-state index contributed by atoms with van der Waals surface area (Å²) in [6, 6.07) is 0. The van der Waals surface area contributed by atoms with Crippen molar-refractivity contribution in [1.29, 1.82) is 0 Å². The van der Waals surface area contributed by atoms with Gasteiger partial charge in [0.1, 0.15) is 0 Å². The van der Waals surface area contributed by atoms with Gasteiger partial charge in [0.2, 0.25) is 5.91 Å². The smallest absolute Gasteiger partial charge is 0.230 e. The highest BCUT2D eigenvalue weighted by Gasteiger charge is 2.33. The zero-order valence-corrected chi connectivity index (χ0v) is 10.4. The van der Waals surface area contributed by atoms with Gasteiger partial charge >= 0.3 is 0 Å². The van der Waals surface area contributed by atoms with Crippen LogP contribution < -0.4 is 5.32 Å². The van der Waals surface area contributed by atoms with Crippen molar-refractivity contribution in [3.05, 3.63) is 11.1 Å². The van der Waals surface area contributed by atoms with E-state index in [1.165, 1.54) is 11.3 Å². The van der Waals surface area contributed by atoms with Crippen LogP contribution in [0.15, 0.2) is 6.20 Å². The van der Waals surface area contributed by atoms with E-state index in [4.69, 9.17) is 0 Å². The normalized spacial score (nSPS) is 23.2. The van der Waals surface area contributed by atoms with Crippen LogP contribution in [-0.2, 0) is 14.6 Å². The van der Waals surface area contributed by atoms with Gasteiger partial charge < -0.3 is 5.32 Å². The lowest BCUT2D eigenvalue weighted by molar-refractivity contribution is -0.119. The number of aryl methyl sites for hydroxylation is 1. The highest BCUT2D eigenvalue weighted by molar-refractivity contribution is 7.91. The molecule has 1 atom stereocenters. The number of aromatic nitrogens is 1. The molecule has 0 bridgehead atoms. The molecule has 0 aliphatic carbocycles. The van der Waals surface area contributed by atoms with Gasteiger partial charge in [-0.05, 0) is 13.3 Å². The molecule has 1 aromatic rings. The van der Waals surface area contributed by atoms with Gasteiger partial charge in [-0.3, -0.25) is 4.79 Å². The molecular formula is C9H12N2O3S2. The molecule has 1 N–H and O–H groups in total. The molecule has 1 saturated heterocycles. The minimum absolute atomic E-state index is 0.0385. The van der Waals surface area contributed by atoms with Crippen molar-refractivity contribution in [2.75, 3.05) is 16.8 Å². The van der Waals surface area contributed by atoms with Crippen LogP contribution in [0.2, 0.25) is 0 Å². The monoisotopic (exact) mass is 260 g/mol. The molecule has 7 heteroatoms. The first kappa shape index (κ1) is 11.5. The maximum absolute atomic E-state index is 11.7.